The fourth-order valence-electron chi connectivity index (χ4n) is 2.38. The van der Waals surface area contributed by atoms with Crippen molar-refractivity contribution in [1.29, 1.82) is 0 Å². The number of ether oxygens (including phenoxy) is 1. The number of halogens is 2. The van der Waals surface area contributed by atoms with E-state index in [1.165, 1.54) is 31.2 Å². The molecule has 2 aromatic rings. The Labute approximate surface area is 173 Å². The van der Waals surface area contributed by atoms with E-state index in [2.05, 4.69) is 5.32 Å². The van der Waals surface area contributed by atoms with Gasteiger partial charge < -0.3 is 10.1 Å². The second-order valence-electron chi connectivity index (χ2n) is 6.24. The number of nitrogens with one attached hydrogen (secondary N) is 1. The minimum absolute atomic E-state index is 0.0866. The molecule has 1 N–H and O–H groups in total. The first-order valence-electron chi connectivity index (χ1n) is 8.25. The van der Waals surface area contributed by atoms with Crippen molar-refractivity contribution in [1.82, 2.24) is 5.32 Å². The maximum absolute atomic E-state index is 12.3. The van der Waals surface area contributed by atoms with Crippen LogP contribution in [0.25, 0.3) is 0 Å². The molecule has 150 valence electrons. The monoisotopic (exact) mass is 443 g/mol. The predicted molar refractivity (Wildman–Crippen MR) is 107 cm³/mol. The number of carbonyl (C=O) groups excluding carboxylic acids is 2. The lowest BCUT2D eigenvalue weighted by Crippen LogP contribution is -2.37. The molecule has 2 rings (SSSR count). The van der Waals surface area contributed by atoms with Crippen LogP contribution in [0.4, 0.5) is 0 Å². The second-order valence-corrected chi connectivity index (χ2v) is 9.10. The third-order valence-electron chi connectivity index (χ3n) is 3.96. The molecule has 0 radical (unpaired) electrons. The van der Waals surface area contributed by atoms with E-state index in [1.54, 1.807) is 25.1 Å². The fraction of sp³-hybridized carbons (Fsp3) is 0.263. The van der Waals surface area contributed by atoms with Gasteiger partial charge in [0.2, 0.25) is 0 Å². The van der Waals surface area contributed by atoms with E-state index in [0.29, 0.717) is 15.6 Å². The van der Waals surface area contributed by atoms with Gasteiger partial charge in [-0.15, -0.1) is 0 Å². The Hall–Kier alpha value is -2.09. The topological polar surface area (TPSA) is 89.5 Å². The largest absolute Gasteiger partial charge is 0.449 e. The Morgan fingerprint density at radius 3 is 2.18 bits per heavy atom. The summed E-state index contributed by atoms with van der Waals surface area (Å²) in [5, 5.41) is 3.61. The summed E-state index contributed by atoms with van der Waals surface area (Å²) in [6.45, 7) is 3.18. The summed E-state index contributed by atoms with van der Waals surface area (Å²) in [4.78, 5) is 24.6. The minimum Gasteiger partial charge on any atom is -0.449 e. The second kappa shape index (κ2) is 8.94. The van der Waals surface area contributed by atoms with Crippen LogP contribution < -0.4 is 5.32 Å². The van der Waals surface area contributed by atoms with Gasteiger partial charge in [-0.2, -0.15) is 0 Å². The molecule has 28 heavy (non-hydrogen) atoms. The van der Waals surface area contributed by atoms with Gasteiger partial charge in [-0.25, -0.2) is 13.2 Å². The van der Waals surface area contributed by atoms with Crippen molar-refractivity contribution in [2.45, 2.75) is 30.9 Å². The summed E-state index contributed by atoms with van der Waals surface area (Å²) in [6, 6.07) is 9.80. The molecule has 6 nitrogen and oxygen atoms in total. The van der Waals surface area contributed by atoms with E-state index in [-0.39, 0.29) is 10.5 Å². The molecule has 0 heterocycles. The van der Waals surface area contributed by atoms with Crippen molar-refractivity contribution in [3.8, 4) is 0 Å². The summed E-state index contributed by atoms with van der Waals surface area (Å²) < 4.78 is 28.1. The van der Waals surface area contributed by atoms with Crippen molar-refractivity contribution in [3.63, 3.8) is 0 Å². The van der Waals surface area contributed by atoms with Crippen LogP contribution in [0.5, 0.6) is 0 Å². The van der Waals surface area contributed by atoms with Gasteiger partial charge in [-0.1, -0.05) is 29.3 Å². The molecule has 2 aromatic carbocycles. The van der Waals surface area contributed by atoms with Crippen LogP contribution >= 0.6 is 23.2 Å². The smallest absolute Gasteiger partial charge is 0.338 e. The van der Waals surface area contributed by atoms with E-state index in [9.17, 15) is 18.0 Å². The molecule has 1 amide bonds. The third kappa shape index (κ3) is 5.70. The molecule has 0 spiro atoms. The molecule has 9 heteroatoms. The van der Waals surface area contributed by atoms with E-state index >= 15 is 0 Å². The van der Waals surface area contributed by atoms with Gasteiger partial charge in [0.05, 0.1) is 16.5 Å². The number of hydrogen-bond acceptors (Lipinski definition) is 5. The molecule has 0 bridgehead atoms. The number of amides is 1. The molecule has 0 aromatic heterocycles. The van der Waals surface area contributed by atoms with Gasteiger partial charge >= 0.3 is 5.97 Å². The number of esters is 1. The molecule has 0 saturated carbocycles. The number of rotatable bonds is 6. The quantitative estimate of drug-likeness (QED) is 0.685. The van der Waals surface area contributed by atoms with Crippen molar-refractivity contribution < 1.29 is 22.7 Å². The van der Waals surface area contributed by atoms with Gasteiger partial charge in [0.1, 0.15) is 0 Å². The third-order valence-corrected chi connectivity index (χ3v) is 5.65. The summed E-state index contributed by atoms with van der Waals surface area (Å²) >= 11 is 12.0. The highest BCUT2D eigenvalue weighted by atomic mass is 35.5. The lowest BCUT2D eigenvalue weighted by Gasteiger charge is -2.19. The average molecular weight is 444 g/mol. The highest BCUT2D eigenvalue weighted by molar-refractivity contribution is 7.90. The Bertz CT molecular complexity index is 990. The number of benzene rings is 2. The zero-order valence-electron chi connectivity index (χ0n) is 15.4. The molecule has 0 aliphatic carbocycles. The van der Waals surface area contributed by atoms with E-state index < -0.39 is 33.9 Å². The first kappa shape index (κ1) is 22.2. The van der Waals surface area contributed by atoms with Crippen LogP contribution in [0.3, 0.4) is 0 Å². The molecular formula is C19H19Cl2NO5S. The van der Waals surface area contributed by atoms with E-state index in [4.69, 9.17) is 27.9 Å². The molecular weight excluding hydrogens is 425 g/mol. The fourth-order valence-corrected chi connectivity index (χ4v) is 3.58. The Morgan fingerprint density at radius 2 is 1.64 bits per heavy atom. The van der Waals surface area contributed by atoms with Crippen molar-refractivity contribution >= 4 is 44.9 Å². The highest BCUT2D eigenvalue weighted by Gasteiger charge is 2.22. The number of hydrogen-bond donors (Lipinski definition) is 1. The molecule has 0 aliphatic rings. The van der Waals surface area contributed by atoms with Crippen LogP contribution in [0.15, 0.2) is 47.4 Å². The SMILES string of the molecule is C[C@H](OC(=O)c1ccc(S(C)(=O)=O)cc1)C(=O)N[C@H](C)c1ccc(Cl)cc1Cl. The number of sulfone groups is 1. The zero-order chi connectivity index (χ0) is 21.1. The summed E-state index contributed by atoms with van der Waals surface area (Å²) in [7, 11) is -3.36. The normalized spacial score (nSPS) is 13.5. The lowest BCUT2D eigenvalue weighted by atomic mass is 10.1. The lowest BCUT2D eigenvalue weighted by molar-refractivity contribution is -0.129. The first-order valence-corrected chi connectivity index (χ1v) is 10.9. The van der Waals surface area contributed by atoms with Gasteiger partial charge in [-0.3, -0.25) is 4.79 Å². The van der Waals surface area contributed by atoms with Crippen LogP contribution in [-0.2, 0) is 19.4 Å². The van der Waals surface area contributed by atoms with Crippen molar-refractivity contribution in [2.75, 3.05) is 6.26 Å². The number of carbonyl (C=O) groups is 2. The van der Waals surface area contributed by atoms with Crippen LogP contribution in [0.1, 0.15) is 35.8 Å². The first-order chi connectivity index (χ1) is 13.0. The van der Waals surface area contributed by atoms with Gasteiger partial charge in [0.15, 0.2) is 15.9 Å². The Kier molecular flexibility index (Phi) is 7.09. The van der Waals surface area contributed by atoms with Crippen molar-refractivity contribution in [2.24, 2.45) is 0 Å². The minimum atomic E-state index is -3.36. The molecule has 2 atom stereocenters. The Balaban J connectivity index is 2.00. The zero-order valence-corrected chi connectivity index (χ0v) is 17.7. The maximum Gasteiger partial charge on any atom is 0.338 e. The predicted octanol–water partition coefficient (Wildman–Crippen LogP) is 3.82. The standard InChI is InChI=1S/C19H19Cl2NO5S/c1-11(16-9-6-14(20)10-17(16)21)22-18(23)12(2)27-19(24)13-4-7-15(8-5-13)28(3,25)26/h4-12H,1-3H3,(H,22,23)/t11-,12+/m1/s1. The molecule has 0 saturated heterocycles. The summed E-state index contributed by atoms with van der Waals surface area (Å²) in [5.41, 5.74) is 0.815. The molecule has 0 aliphatic heterocycles. The van der Waals surface area contributed by atoms with Crippen LogP contribution in [-0.4, -0.2) is 32.7 Å². The van der Waals surface area contributed by atoms with Crippen molar-refractivity contribution in [3.05, 3.63) is 63.6 Å². The van der Waals surface area contributed by atoms with Crippen LogP contribution in [0.2, 0.25) is 10.0 Å². The maximum atomic E-state index is 12.3. The van der Waals surface area contributed by atoms with Gasteiger partial charge in [0, 0.05) is 16.3 Å². The van der Waals surface area contributed by atoms with Crippen LogP contribution in [0, 0.1) is 0 Å². The van der Waals surface area contributed by atoms with E-state index in [0.717, 1.165) is 6.26 Å². The summed E-state index contributed by atoms with van der Waals surface area (Å²) in [6.07, 6.45) is 0.0107. The molecule has 0 unspecified atom stereocenters. The van der Waals surface area contributed by atoms with Gasteiger partial charge in [-0.05, 0) is 55.8 Å². The van der Waals surface area contributed by atoms with E-state index in [1.807, 2.05) is 0 Å². The average Bonchev–Trinajstić information content (AvgIpc) is 2.60. The Morgan fingerprint density at radius 1 is 1.04 bits per heavy atom. The summed E-state index contributed by atoms with van der Waals surface area (Å²) in [5.74, 6) is -1.24. The van der Waals surface area contributed by atoms with Gasteiger partial charge in [0.25, 0.3) is 5.91 Å². The highest BCUT2D eigenvalue weighted by Crippen LogP contribution is 2.26. The molecule has 0 fully saturated rings.